The number of hydrogen-bond acceptors (Lipinski definition) is 5. The maximum absolute atomic E-state index is 12.9. The normalized spacial score (nSPS) is 45.1. The predicted octanol–water partition coefficient (Wildman–Crippen LogP) is 3.65. The van der Waals surface area contributed by atoms with E-state index in [0.29, 0.717) is 30.6 Å². The zero-order valence-corrected chi connectivity index (χ0v) is 17.6. The highest BCUT2D eigenvalue weighted by Crippen LogP contribution is 2.68. The number of esters is 1. The molecule has 0 aromatic rings. The molecule has 0 aromatic heterocycles. The van der Waals surface area contributed by atoms with Crippen LogP contribution < -0.4 is 0 Å². The lowest BCUT2D eigenvalue weighted by molar-refractivity contribution is -0.150. The molecule has 1 saturated heterocycles. The second-order valence-corrected chi connectivity index (χ2v) is 10.3. The molecule has 0 aromatic carbocycles. The minimum absolute atomic E-state index is 0.000879. The van der Waals surface area contributed by atoms with Gasteiger partial charge >= 0.3 is 5.97 Å². The van der Waals surface area contributed by atoms with Crippen LogP contribution in [-0.2, 0) is 23.9 Å². The minimum atomic E-state index is -0.298. The van der Waals surface area contributed by atoms with E-state index in [2.05, 4.69) is 6.92 Å². The molecule has 29 heavy (non-hydrogen) atoms. The molecule has 2 bridgehead atoms. The molecule has 3 saturated carbocycles. The predicted molar refractivity (Wildman–Crippen MR) is 106 cm³/mol. The SMILES string of the molecule is CCC(=O)OCC(=O)[C@H]1CC[C@H]2[C@@H]3CC4OC[C@@]5(CCC(=O)C=C45)[C@H]3CC[C@]12C. The van der Waals surface area contributed by atoms with Crippen LogP contribution in [0, 0.1) is 34.5 Å². The molecule has 7 atom stereocenters. The quantitative estimate of drug-likeness (QED) is 0.674. The Labute approximate surface area is 172 Å². The van der Waals surface area contributed by atoms with Gasteiger partial charge in [-0.2, -0.15) is 0 Å². The number of hydrogen-bond donors (Lipinski definition) is 0. The highest BCUT2D eigenvalue weighted by Gasteiger charge is 2.65. The van der Waals surface area contributed by atoms with Crippen LogP contribution in [0.15, 0.2) is 11.6 Å². The summed E-state index contributed by atoms with van der Waals surface area (Å²) in [6.07, 6.45) is 9.05. The fourth-order valence-electron chi connectivity index (χ4n) is 7.92. The van der Waals surface area contributed by atoms with Gasteiger partial charge in [0.05, 0.1) is 12.7 Å². The highest BCUT2D eigenvalue weighted by molar-refractivity contribution is 5.92. The van der Waals surface area contributed by atoms with Gasteiger partial charge in [-0.1, -0.05) is 13.8 Å². The largest absolute Gasteiger partial charge is 0.458 e. The van der Waals surface area contributed by atoms with Gasteiger partial charge in [0.2, 0.25) is 0 Å². The first-order valence-electron chi connectivity index (χ1n) is 11.4. The van der Waals surface area contributed by atoms with Crippen LogP contribution in [0.25, 0.3) is 0 Å². The molecule has 1 aliphatic heterocycles. The summed E-state index contributed by atoms with van der Waals surface area (Å²) in [6, 6.07) is 0. The summed E-state index contributed by atoms with van der Waals surface area (Å²) < 4.78 is 11.4. The van der Waals surface area contributed by atoms with Crippen molar-refractivity contribution in [2.24, 2.45) is 34.5 Å². The van der Waals surface area contributed by atoms with E-state index in [0.717, 1.165) is 45.1 Å². The molecule has 0 amide bonds. The lowest BCUT2D eigenvalue weighted by Crippen LogP contribution is -2.53. The third kappa shape index (κ3) is 2.72. The molecule has 5 aliphatic rings. The van der Waals surface area contributed by atoms with Crippen molar-refractivity contribution < 1.29 is 23.9 Å². The Morgan fingerprint density at radius 3 is 2.83 bits per heavy atom. The van der Waals surface area contributed by atoms with E-state index in [-0.39, 0.29) is 47.0 Å². The van der Waals surface area contributed by atoms with Gasteiger partial charge in [0.25, 0.3) is 0 Å². The van der Waals surface area contributed by atoms with E-state index in [1.165, 1.54) is 5.57 Å². The summed E-state index contributed by atoms with van der Waals surface area (Å²) in [5, 5.41) is 0. The molecule has 0 radical (unpaired) electrons. The average molecular weight is 401 g/mol. The second-order valence-electron chi connectivity index (χ2n) is 10.3. The van der Waals surface area contributed by atoms with Gasteiger partial charge in [0, 0.05) is 24.2 Å². The summed E-state index contributed by atoms with van der Waals surface area (Å²) in [6.45, 7) is 4.76. The van der Waals surface area contributed by atoms with Gasteiger partial charge < -0.3 is 9.47 Å². The molecular weight excluding hydrogens is 368 g/mol. The molecule has 0 N–H and O–H groups in total. The van der Waals surface area contributed by atoms with Crippen molar-refractivity contribution in [2.45, 2.75) is 71.3 Å². The topological polar surface area (TPSA) is 69.7 Å². The van der Waals surface area contributed by atoms with Crippen molar-refractivity contribution >= 4 is 17.5 Å². The lowest BCUT2D eigenvalue weighted by Gasteiger charge is -2.56. The smallest absolute Gasteiger partial charge is 0.305 e. The van der Waals surface area contributed by atoms with Gasteiger partial charge in [-0.05, 0) is 73.3 Å². The monoisotopic (exact) mass is 400 g/mol. The average Bonchev–Trinajstić information content (AvgIpc) is 3.19. The van der Waals surface area contributed by atoms with E-state index in [4.69, 9.17) is 9.47 Å². The van der Waals surface area contributed by atoms with E-state index in [1.54, 1.807) is 6.92 Å². The first-order valence-corrected chi connectivity index (χ1v) is 11.4. The number of fused-ring (bicyclic) bond motifs is 3. The Bertz CT molecular complexity index is 784. The van der Waals surface area contributed by atoms with Crippen LogP contribution >= 0.6 is 0 Å². The van der Waals surface area contributed by atoms with E-state index in [9.17, 15) is 14.4 Å². The van der Waals surface area contributed by atoms with Crippen LogP contribution in [0.4, 0.5) is 0 Å². The number of carbonyl (C=O) groups excluding carboxylic acids is 3. The van der Waals surface area contributed by atoms with E-state index in [1.807, 2.05) is 6.08 Å². The lowest BCUT2D eigenvalue weighted by atomic mass is 9.46. The van der Waals surface area contributed by atoms with Crippen LogP contribution in [0.2, 0.25) is 0 Å². The first kappa shape index (κ1) is 19.5. The molecule has 1 heterocycles. The zero-order chi connectivity index (χ0) is 20.4. The molecular formula is C24H32O5. The summed E-state index contributed by atoms with van der Waals surface area (Å²) in [5.41, 5.74) is 1.36. The van der Waals surface area contributed by atoms with Crippen LogP contribution in [0.1, 0.15) is 65.2 Å². The van der Waals surface area contributed by atoms with Gasteiger partial charge in [-0.3, -0.25) is 14.4 Å². The third-order valence-electron chi connectivity index (χ3n) is 9.28. The number of rotatable bonds is 4. The third-order valence-corrected chi connectivity index (χ3v) is 9.28. The number of Topliss-reactive ketones (excluding diaryl/α,β-unsaturated/α-hetero) is 1. The van der Waals surface area contributed by atoms with Crippen molar-refractivity contribution in [3.05, 3.63) is 11.6 Å². The Morgan fingerprint density at radius 1 is 1.21 bits per heavy atom. The van der Waals surface area contributed by atoms with Crippen molar-refractivity contribution in [1.29, 1.82) is 0 Å². The molecule has 4 aliphatic carbocycles. The Hall–Kier alpha value is -1.49. The molecule has 158 valence electrons. The highest BCUT2D eigenvalue weighted by atomic mass is 16.5. The van der Waals surface area contributed by atoms with Gasteiger partial charge in [0.1, 0.15) is 6.61 Å². The Balaban J connectivity index is 1.38. The molecule has 0 spiro atoms. The van der Waals surface area contributed by atoms with Gasteiger partial charge in [-0.15, -0.1) is 0 Å². The maximum atomic E-state index is 12.9. The Morgan fingerprint density at radius 2 is 2.03 bits per heavy atom. The fourth-order valence-corrected chi connectivity index (χ4v) is 7.92. The molecule has 1 unspecified atom stereocenters. The molecule has 4 fully saturated rings. The first-order chi connectivity index (χ1) is 13.9. The number of ketones is 2. The van der Waals surface area contributed by atoms with Crippen LogP contribution in [-0.4, -0.2) is 36.9 Å². The Kier molecular flexibility index (Phi) is 4.54. The van der Waals surface area contributed by atoms with Crippen LogP contribution in [0.5, 0.6) is 0 Å². The summed E-state index contributed by atoms with van der Waals surface area (Å²) in [5.74, 6) is 1.74. The summed E-state index contributed by atoms with van der Waals surface area (Å²) in [4.78, 5) is 36.5. The molecule has 5 rings (SSSR count). The van der Waals surface area contributed by atoms with Crippen molar-refractivity contribution in [3.63, 3.8) is 0 Å². The van der Waals surface area contributed by atoms with Crippen molar-refractivity contribution in [2.75, 3.05) is 13.2 Å². The van der Waals surface area contributed by atoms with Gasteiger partial charge in [-0.25, -0.2) is 0 Å². The fraction of sp³-hybridized carbons (Fsp3) is 0.792. The maximum Gasteiger partial charge on any atom is 0.305 e. The zero-order valence-electron chi connectivity index (χ0n) is 17.6. The minimum Gasteiger partial charge on any atom is -0.458 e. The number of carbonyl (C=O) groups is 3. The van der Waals surface area contributed by atoms with E-state index >= 15 is 0 Å². The van der Waals surface area contributed by atoms with E-state index < -0.39 is 0 Å². The van der Waals surface area contributed by atoms with Crippen molar-refractivity contribution in [3.8, 4) is 0 Å². The summed E-state index contributed by atoms with van der Waals surface area (Å²) in [7, 11) is 0. The molecule has 5 heteroatoms. The second kappa shape index (κ2) is 6.76. The number of ether oxygens (including phenoxy) is 2. The van der Waals surface area contributed by atoms with Crippen molar-refractivity contribution in [1.82, 2.24) is 0 Å². The van der Waals surface area contributed by atoms with Gasteiger partial charge in [0.15, 0.2) is 11.6 Å². The molecule has 5 nitrogen and oxygen atoms in total. The van der Waals surface area contributed by atoms with Crippen LogP contribution in [0.3, 0.4) is 0 Å². The standard InChI is InChI=1S/C24H32O5/c1-3-22(27)28-12-20(26)18-5-4-16-15-11-21-19-10-14(25)6-9-24(19,13-29-21)17(15)7-8-23(16,18)2/h10,15-18,21H,3-9,11-13H2,1-2H3/t15-,16-,17-,18+,21?,23-,24-/m0/s1. The summed E-state index contributed by atoms with van der Waals surface area (Å²) >= 11 is 0.